The number of aryl methyl sites for hydroxylation is 2. The van der Waals surface area contributed by atoms with Gasteiger partial charge in [0.25, 0.3) is 0 Å². The Kier molecular flexibility index (Phi) is 6.93. The van der Waals surface area contributed by atoms with E-state index >= 15 is 0 Å². The summed E-state index contributed by atoms with van der Waals surface area (Å²) in [4.78, 5) is 12.8. The maximum Gasteiger partial charge on any atom is 0.234 e. The average molecular weight is 463 g/mol. The molecule has 0 radical (unpaired) electrons. The molecule has 0 aliphatic heterocycles. The molecular formula is C25H23ClN4OS. The van der Waals surface area contributed by atoms with E-state index < -0.39 is 0 Å². The van der Waals surface area contributed by atoms with E-state index in [0.717, 1.165) is 34.5 Å². The number of para-hydroxylation sites is 2. The molecule has 162 valence electrons. The van der Waals surface area contributed by atoms with Crippen molar-refractivity contribution in [3.63, 3.8) is 0 Å². The number of hydrogen-bond acceptors (Lipinski definition) is 4. The first-order chi connectivity index (χ1) is 15.6. The van der Waals surface area contributed by atoms with E-state index in [2.05, 4.69) is 22.4 Å². The minimum absolute atomic E-state index is 0.0779. The smallest absolute Gasteiger partial charge is 0.234 e. The molecule has 0 aliphatic rings. The first kappa shape index (κ1) is 22.1. The van der Waals surface area contributed by atoms with Crippen molar-refractivity contribution in [2.24, 2.45) is 0 Å². The molecule has 0 saturated heterocycles. The largest absolute Gasteiger partial charge is 0.325 e. The summed E-state index contributed by atoms with van der Waals surface area (Å²) in [5, 5.41) is 13.1. The van der Waals surface area contributed by atoms with Crippen molar-refractivity contribution in [3.8, 4) is 17.1 Å². The van der Waals surface area contributed by atoms with Crippen LogP contribution in [0.15, 0.2) is 78.0 Å². The van der Waals surface area contributed by atoms with E-state index in [1.807, 2.05) is 84.3 Å². The second kappa shape index (κ2) is 10.0. The van der Waals surface area contributed by atoms with Crippen LogP contribution < -0.4 is 5.32 Å². The molecule has 7 heteroatoms. The normalized spacial score (nSPS) is 10.8. The highest BCUT2D eigenvalue weighted by Crippen LogP contribution is 2.29. The van der Waals surface area contributed by atoms with Crippen LogP contribution in [-0.2, 0) is 11.2 Å². The van der Waals surface area contributed by atoms with E-state index in [1.165, 1.54) is 11.8 Å². The molecule has 5 nitrogen and oxygen atoms in total. The van der Waals surface area contributed by atoms with E-state index in [-0.39, 0.29) is 11.7 Å². The van der Waals surface area contributed by atoms with Crippen LogP contribution in [0.2, 0.25) is 5.02 Å². The molecule has 0 aliphatic carbocycles. The SMILES string of the molecule is CCc1cccc(C)c1NC(=O)CSc1nnc(-c2cccc(Cl)c2)n1-c1ccccc1. The summed E-state index contributed by atoms with van der Waals surface area (Å²) in [5.41, 5.74) is 4.85. The number of amides is 1. The fourth-order valence-corrected chi connectivity index (χ4v) is 4.44. The summed E-state index contributed by atoms with van der Waals surface area (Å²) in [6, 6.07) is 23.4. The van der Waals surface area contributed by atoms with Gasteiger partial charge in [0, 0.05) is 22.0 Å². The van der Waals surface area contributed by atoms with Crippen LogP contribution in [0.3, 0.4) is 0 Å². The van der Waals surface area contributed by atoms with Crippen LogP contribution in [0.25, 0.3) is 17.1 Å². The quantitative estimate of drug-likeness (QED) is 0.333. The molecule has 0 unspecified atom stereocenters. The second-order valence-corrected chi connectivity index (χ2v) is 8.67. The third-order valence-corrected chi connectivity index (χ3v) is 6.23. The summed E-state index contributed by atoms with van der Waals surface area (Å²) in [6.45, 7) is 4.09. The van der Waals surface area contributed by atoms with Crippen LogP contribution in [-0.4, -0.2) is 26.4 Å². The zero-order valence-electron chi connectivity index (χ0n) is 17.9. The standard InChI is InChI=1S/C25H23ClN4OS/c1-3-18-10-7-9-17(2)23(18)27-22(31)16-32-25-29-28-24(19-11-8-12-20(26)15-19)30(25)21-13-5-4-6-14-21/h4-15H,3,16H2,1-2H3,(H,27,31). The number of nitrogens with one attached hydrogen (secondary N) is 1. The number of carbonyl (C=O) groups is 1. The Bertz CT molecular complexity index is 1240. The third-order valence-electron chi connectivity index (χ3n) is 5.07. The molecule has 32 heavy (non-hydrogen) atoms. The maximum atomic E-state index is 12.8. The molecule has 0 atom stereocenters. The van der Waals surface area contributed by atoms with Gasteiger partial charge in [-0.3, -0.25) is 9.36 Å². The molecule has 3 aromatic carbocycles. The number of aromatic nitrogens is 3. The highest BCUT2D eigenvalue weighted by Gasteiger charge is 2.18. The Morgan fingerprint density at radius 2 is 1.81 bits per heavy atom. The first-order valence-electron chi connectivity index (χ1n) is 10.3. The highest BCUT2D eigenvalue weighted by atomic mass is 35.5. The summed E-state index contributed by atoms with van der Waals surface area (Å²) in [6.07, 6.45) is 0.857. The van der Waals surface area contributed by atoms with Crippen LogP contribution in [0, 0.1) is 6.92 Å². The van der Waals surface area contributed by atoms with Gasteiger partial charge in [0.2, 0.25) is 5.91 Å². The van der Waals surface area contributed by atoms with Gasteiger partial charge < -0.3 is 5.32 Å². The lowest BCUT2D eigenvalue weighted by Crippen LogP contribution is -2.16. The van der Waals surface area contributed by atoms with Gasteiger partial charge in [-0.25, -0.2) is 0 Å². The Hall–Kier alpha value is -3.09. The van der Waals surface area contributed by atoms with Gasteiger partial charge in [0.1, 0.15) is 0 Å². The van der Waals surface area contributed by atoms with Gasteiger partial charge in [-0.2, -0.15) is 0 Å². The molecule has 1 amide bonds. The third kappa shape index (κ3) is 4.87. The first-order valence-corrected chi connectivity index (χ1v) is 11.7. The Morgan fingerprint density at radius 3 is 2.56 bits per heavy atom. The molecule has 0 spiro atoms. The second-order valence-electron chi connectivity index (χ2n) is 7.29. The minimum Gasteiger partial charge on any atom is -0.325 e. The summed E-state index contributed by atoms with van der Waals surface area (Å²) < 4.78 is 1.95. The number of carbonyl (C=O) groups excluding carboxylic acids is 1. The lowest BCUT2D eigenvalue weighted by Gasteiger charge is -2.13. The minimum atomic E-state index is -0.0779. The fraction of sp³-hybridized carbons (Fsp3) is 0.160. The number of benzene rings is 3. The van der Waals surface area contributed by atoms with Crippen molar-refractivity contribution in [1.82, 2.24) is 14.8 Å². The van der Waals surface area contributed by atoms with E-state index in [1.54, 1.807) is 0 Å². The number of anilines is 1. The van der Waals surface area contributed by atoms with E-state index in [0.29, 0.717) is 16.0 Å². The molecule has 1 aromatic heterocycles. The highest BCUT2D eigenvalue weighted by molar-refractivity contribution is 7.99. The lowest BCUT2D eigenvalue weighted by atomic mass is 10.1. The molecule has 0 saturated carbocycles. The summed E-state index contributed by atoms with van der Waals surface area (Å²) in [7, 11) is 0. The van der Waals surface area contributed by atoms with Gasteiger partial charge in [-0.1, -0.05) is 78.8 Å². The maximum absolute atomic E-state index is 12.8. The molecule has 4 aromatic rings. The van der Waals surface area contributed by atoms with Crippen LogP contribution in [0.4, 0.5) is 5.69 Å². The summed E-state index contributed by atoms with van der Waals surface area (Å²) >= 11 is 7.55. The Balaban J connectivity index is 1.60. The fourth-order valence-electron chi connectivity index (χ4n) is 3.50. The number of hydrogen-bond donors (Lipinski definition) is 1. The van der Waals surface area contributed by atoms with Crippen molar-refractivity contribution in [2.75, 3.05) is 11.1 Å². The van der Waals surface area contributed by atoms with Crippen molar-refractivity contribution < 1.29 is 4.79 Å². The number of nitrogens with zero attached hydrogens (tertiary/aromatic N) is 3. The topological polar surface area (TPSA) is 59.8 Å². The Labute approximate surface area is 196 Å². The molecule has 1 N–H and O–H groups in total. The average Bonchev–Trinajstić information content (AvgIpc) is 3.23. The summed E-state index contributed by atoms with van der Waals surface area (Å²) in [5.74, 6) is 0.817. The number of halogens is 1. The molecule has 4 rings (SSSR count). The van der Waals surface area contributed by atoms with Gasteiger partial charge >= 0.3 is 0 Å². The van der Waals surface area contributed by atoms with Gasteiger partial charge in [-0.05, 0) is 48.7 Å². The molecular weight excluding hydrogens is 440 g/mol. The van der Waals surface area contributed by atoms with Crippen LogP contribution in [0.1, 0.15) is 18.1 Å². The predicted molar refractivity (Wildman–Crippen MR) is 132 cm³/mol. The van der Waals surface area contributed by atoms with Gasteiger partial charge in [0.15, 0.2) is 11.0 Å². The molecule has 0 fully saturated rings. The zero-order valence-corrected chi connectivity index (χ0v) is 19.5. The van der Waals surface area contributed by atoms with Gasteiger partial charge in [0.05, 0.1) is 5.75 Å². The zero-order chi connectivity index (χ0) is 22.5. The predicted octanol–water partition coefficient (Wildman–Crippen LogP) is 6.19. The van der Waals surface area contributed by atoms with Crippen molar-refractivity contribution >= 4 is 35.0 Å². The number of rotatable bonds is 7. The van der Waals surface area contributed by atoms with Crippen molar-refractivity contribution in [1.29, 1.82) is 0 Å². The molecule has 0 bridgehead atoms. The lowest BCUT2D eigenvalue weighted by molar-refractivity contribution is -0.113. The van der Waals surface area contributed by atoms with Crippen molar-refractivity contribution in [3.05, 3.63) is 88.9 Å². The van der Waals surface area contributed by atoms with Gasteiger partial charge in [-0.15, -0.1) is 10.2 Å². The monoisotopic (exact) mass is 462 g/mol. The van der Waals surface area contributed by atoms with Crippen LogP contribution >= 0.6 is 23.4 Å². The van der Waals surface area contributed by atoms with Crippen LogP contribution in [0.5, 0.6) is 0 Å². The van der Waals surface area contributed by atoms with E-state index in [9.17, 15) is 4.79 Å². The molecule has 1 heterocycles. The van der Waals surface area contributed by atoms with Crippen molar-refractivity contribution in [2.45, 2.75) is 25.4 Å². The number of thioether (sulfide) groups is 1. The Morgan fingerprint density at radius 1 is 1.03 bits per heavy atom. The van der Waals surface area contributed by atoms with E-state index in [4.69, 9.17) is 11.6 Å².